The lowest BCUT2D eigenvalue weighted by Gasteiger charge is -2.22. The van der Waals surface area contributed by atoms with Gasteiger partial charge in [-0.05, 0) is 39.7 Å². The minimum Gasteiger partial charge on any atom is -0.444 e. The van der Waals surface area contributed by atoms with E-state index < -0.39 is 16.6 Å². The van der Waals surface area contributed by atoms with E-state index in [-0.39, 0.29) is 11.7 Å². The Morgan fingerprint density at radius 3 is 2.83 bits per heavy atom. The molecular formula is C15H22N4O4. The molecule has 8 heteroatoms. The van der Waals surface area contributed by atoms with E-state index in [4.69, 9.17) is 4.74 Å². The number of amides is 1. The van der Waals surface area contributed by atoms with Crippen LogP contribution in [0.1, 0.15) is 32.8 Å². The molecule has 1 fully saturated rings. The molecule has 126 valence electrons. The number of hydrogen-bond acceptors (Lipinski definition) is 6. The molecule has 1 aromatic heterocycles. The molecule has 0 unspecified atom stereocenters. The quantitative estimate of drug-likeness (QED) is 0.678. The Hall–Kier alpha value is -2.38. The van der Waals surface area contributed by atoms with Crippen LogP contribution in [0.3, 0.4) is 0 Å². The third-order valence-corrected chi connectivity index (χ3v) is 3.39. The number of hydrogen-bond donors (Lipinski definition) is 1. The summed E-state index contributed by atoms with van der Waals surface area (Å²) in [6, 6.07) is 1.39. The summed E-state index contributed by atoms with van der Waals surface area (Å²) in [6.45, 7) is 8.22. The Labute approximate surface area is 135 Å². The summed E-state index contributed by atoms with van der Waals surface area (Å²) < 4.78 is 5.23. The van der Waals surface area contributed by atoms with Gasteiger partial charge in [-0.2, -0.15) is 0 Å². The Morgan fingerprint density at radius 2 is 2.22 bits per heavy atom. The van der Waals surface area contributed by atoms with Crippen LogP contribution in [0.4, 0.5) is 16.3 Å². The molecule has 23 heavy (non-hydrogen) atoms. The fraction of sp³-hybridized carbons (Fsp3) is 0.600. The number of pyridine rings is 1. The van der Waals surface area contributed by atoms with Crippen molar-refractivity contribution in [2.75, 3.05) is 18.0 Å². The van der Waals surface area contributed by atoms with Gasteiger partial charge in [0, 0.05) is 25.4 Å². The average Bonchev–Trinajstić information content (AvgIpc) is 2.84. The fourth-order valence-corrected chi connectivity index (χ4v) is 2.47. The largest absolute Gasteiger partial charge is 0.444 e. The molecular weight excluding hydrogens is 300 g/mol. The lowest BCUT2D eigenvalue weighted by atomic mass is 10.2. The second-order valence-electron chi connectivity index (χ2n) is 6.69. The molecule has 0 aliphatic carbocycles. The van der Waals surface area contributed by atoms with Gasteiger partial charge in [0.1, 0.15) is 5.60 Å². The molecule has 1 aliphatic rings. The van der Waals surface area contributed by atoms with Gasteiger partial charge in [0.25, 0.3) is 0 Å². The first-order valence-electron chi connectivity index (χ1n) is 7.51. The highest BCUT2D eigenvalue weighted by atomic mass is 16.6. The summed E-state index contributed by atoms with van der Waals surface area (Å²) >= 11 is 0. The summed E-state index contributed by atoms with van der Waals surface area (Å²) in [6.07, 6.45) is 1.82. The van der Waals surface area contributed by atoms with Gasteiger partial charge in [0.2, 0.25) is 5.82 Å². The van der Waals surface area contributed by atoms with E-state index in [1.54, 1.807) is 33.9 Å². The predicted molar refractivity (Wildman–Crippen MR) is 85.6 cm³/mol. The van der Waals surface area contributed by atoms with Crippen molar-refractivity contribution >= 4 is 17.6 Å². The van der Waals surface area contributed by atoms with Crippen LogP contribution in [0.25, 0.3) is 0 Å². The van der Waals surface area contributed by atoms with Crippen LogP contribution < -0.4 is 10.2 Å². The van der Waals surface area contributed by atoms with Crippen LogP contribution in [0, 0.1) is 17.0 Å². The standard InChI is InChI=1S/C15H22N4O4/c1-10-7-12(19(21)22)13(16-8-10)18-6-5-11(9-18)17-14(20)23-15(2,3)4/h7-8,11H,5-6,9H2,1-4H3,(H,17,20)/t11-/m1/s1. The molecule has 0 aromatic carbocycles. The van der Waals surface area contributed by atoms with Crippen LogP contribution in [0.2, 0.25) is 0 Å². The van der Waals surface area contributed by atoms with Crippen molar-refractivity contribution in [1.82, 2.24) is 10.3 Å². The van der Waals surface area contributed by atoms with Crippen molar-refractivity contribution in [1.29, 1.82) is 0 Å². The number of nitro groups is 1. The minimum absolute atomic E-state index is 0.0112. The molecule has 1 aliphatic heterocycles. The molecule has 0 spiro atoms. The Bertz CT molecular complexity index is 612. The fourth-order valence-electron chi connectivity index (χ4n) is 2.47. The van der Waals surface area contributed by atoms with E-state index in [2.05, 4.69) is 10.3 Å². The number of nitrogens with one attached hydrogen (secondary N) is 1. The zero-order valence-electron chi connectivity index (χ0n) is 13.8. The first kappa shape index (κ1) is 17.0. The molecule has 1 aromatic rings. The highest BCUT2D eigenvalue weighted by Gasteiger charge is 2.30. The van der Waals surface area contributed by atoms with Crippen molar-refractivity contribution in [2.45, 2.75) is 45.8 Å². The third kappa shape index (κ3) is 4.54. The molecule has 1 N–H and O–H groups in total. The van der Waals surface area contributed by atoms with Crippen molar-refractivity contribution in [3.63, 3.8) is 0 Å². The Kier molecular flexibility index (Phi) is 4.72. The number of rotatable bonds is 3. The lowest BCUT2D eigenvalue weighted by Crippen LogP contribution is -2.40. The number of nitrogens with zero attached hydrogens (tertiary/aromatic N) is 3. The van der Waals surface area contributed by atoms with Crippen LogP contribution in [-0.4, -0.2) is 40.7 Å². The zero-order chi connectivity index (χ0) is 17.2. The summed E-state index contributed by atoms with van der Waals surface area (Å²) in [5.41, 5.74) is 0.172. The second-order valence-corrected chi connectivity index (χ2v) is 6.69. The molecule has 0 bridgehead atoms. The van der Waals surface area contributed by atoms with Gasteiger partial charge in [0.05, 0.1) is 11.0 Å². The number of carbonyl (C=O) groups excluding carboxylic acids is 1. The van der Waals surface area contributed by atoms with Crippen LogP contribution in [0.15, 0.2) is 12.3 Å². The summed E-state index contributed by atoms with van der Waals surface area (Å²) in [5.74, 6) is 0.342. The van der Waals surface area contributed by atoms with Gasteiger partial charge >= 0.3 is 11.8 Å². The molecule has 0 saturated carbocycles. The first-order valence-corrected chi connectivity index (χ1v) is 7.51. The molecule has 8 nitrogen and oxygen atoms in total. The maximum atomic E-state index is 11.8. The maximum Gasteiger partial charge on any atom is 0.407 e. The lowest BCUT2D eigenvalue weighted by molar-refractivity contribution is -0.384. The molecule has 1 amide bonds. The van der Waals surface area contributed by atoms with Crippen molar-refractivity contribution < 1.29 is 14.5 Å². The predicted octanol–water partition coefficient (Wildman–Crippen LogP) is 2.40. The molecule has 2 heterocycles. The number of aryl methyl sites for hydroxylation is 1. The van der Waals surface area contributed by atoms with Crippen LogP contribution in [0.5, 0.6) is 0 Å². The monoisotopic (exact) mass is 322 g/mol. The summed E-state index contributed by atoms with van der Waals surface area (Å²) in [7, 11) is 0. The summed E-state index contributed by atoms with van der Waals surface area (Å²) in [4.78, 5) is 28.6. The van der Waals surface area contributed by atoms with Gasteiger partial charge in [0.15, 0.2) is 0 Å². The molecule has 1 atom stereocenters. The highest BCUT2D eigenvalue weighted by Crippen LogP contribution is 2.29. The van der Waals surface area contributed by atoms with E-state index in [9.17, 15) is 14.9 Å². The van der Waals surface area contributed by atoms with Gasteiger partial charge in [-0.1, -0.05) is 0 Å². The van der Waals surface area contributed by atoms with E-state index in [1.165, 1.54) is 6.07 Å². The van der Waals surface area contributed by atoms with Gasteiger partial charge < -0.3 is 15.0 Å². The third-order valence-electron chi connectivity index (χ3n) is 3.39. The van der Waals surface area contributed by atoms with E-state index in [0.29, 0.717) is 25.3 Å². The van der Waals surface area contributed by atoms with Crippen molar-refractivity contribution in [2.24, 2.45) is 0 Å². The van der Waals surface area contributed by atoms with Crippen molar-refractivity contribution in [3.8, 4) is 0 Å². The molecule has 0 radical (unpaired) electrons. The minimum atomic E-state index is -0.556. The Balaban J connectivity index is 2.03. The normalized spacial score (nSPS) is 17.9. The van der Waals surface area contributed by atoms with E-state index >= 15 is 0 Å². The maximum absolute atomic E-state index is 11.8. The van der Waals surface area contributed by atoms with Gasteiger partial charge in [-0.3, -0.25) is 10.1 Å². The average molecular weight is 322 g/mol. The van der Waals surface area contributed by atoms with Crippen LogP contribution in [-0.2, 0) is 4.74 Å². The number of alkyl carbamates (subject to hydrolysis) is 1. The second kappa shape index (κ2) is 6.39. The summed E-state index contributed by atoms with van der Waals surface area (Å²) in [5, 5.41) is 14.0. The zero-order valence-corrected chi connectivity index (χ0v) is 13.8. The van der Waals surface area contributed by atoms with Gasteiger partial charge in [-0.25, -0.2) is 9.78 Å². The number of anilines is 1. The van der Waals surface area contributed by atoms with E-state index in [0.717, 1.165) is 5.56 Å². The topological polar surface area (TPSA) is 97.6 Å². The number of aromatic nitrogens is 1. The van der Waals surface area contributed by atoms with Crippen LogP contribution >= 0.6 is 0 Å². The Morgan fingerprint density at radius 1 is 1.52 bits per heavy atom. The SMILES string of the molecule is Cc1cnc(N2CC[C@@H](NC(=O)OC(C)(C)C)C2)c([N+](=O)[O-])c1. The first-order chi connectivity index (χ1) is 10.7. The highest BCUT2D eigenvalue weighted by molar-refractivity contribution is 5.68. The smallest absolute Gasteiger partial charge is 0.407 e. The van der Waals surface area contributed by atoms with Gasteiger partial charge in [-0.15, -0.1) is 0 Å². The van der Waals surface area contributed by atoms with Crippen molar-refractivity contribution in [3.05, 3.63) is 27.9 Å². The van der Waals surface area contributed by atoms with E-state index in [1.807, 2.05) is 4.90 Å². The number of carbonyl (C=O) groups is 1. The molecule has 1 saturated heterocycles. The number of ether oxygens (including phenoxy) is 1. The molecule has 2 rings (SSSR count).